The van der Waals surface area contributed by atoms with Crippen LogP contribution in [0.5, 0.6) is 0 Å². The van der Waals surface area contributed by atoms with Gasteiger partial charge in [0.2, 0.25) is 0 Å². The van der Waals surface area contributed by atoms with Crippen molar-refractivity contribution in [3.8, 4) is 0 Å². The minimum Gasteiger partial charge on any atom is -0.456 e. The Balaban J connectivity index is 2.12. The van der Waals surface area contributed by atoms with E-state index in [-0.39, 0.29) is 11.9 Å². The molecule has 2 rings (SSSR count). The minimum absolute atomic E-state index is 0.0490. The molecular weight excluding hydrogens is 232 g/mol. The molecule has 1 saturated heterocycles. The Labute approximate surface area is 107 Å². The number of carbonyl (C=O) groups excluding carboxylic acids is 1. The summed E-state index contributed by atoms with van der Waals surface area (Å²) in [7, 11) is 3.93. The van der Waals surface area contributed by atoms with Crippen LogP contribution in [-0.2, 0) is 0 Å². The van der Waals surface area contributed by atoms with Gasteiger partial charge < -0.3 is 19.3 Å². The van der Waals surface area contributed by atoms with Crippen molar-refractivity contribution in [2.24, 2.45) is 0 Å². The highest BCUT2D eigenvalue weighted by Gasteiger charge is 2.35. The number of rotatable bonds is 3. The van der Waals surface area contributed by atoms with Gasteiger partial charge in [0.1, 0.15) is 5.76 Å². The number of aliphatic hydroxyl groups excluding tert-OH is 1. The zero-order valence-electron chi connectivity index (χ0n) is 11.1. The predicted octanol–water partition coefficient (Wildman–Crippen LogP) is 0.725. The van der Waals surface area contributed by atoms with Crippen LogP contribution >= 0.6 is 0 Å². The molecule has 1 fully saturated rings. The molecule has 1 amide bonds. The summed E-state index contributed by atoms with van der Waals surface area (Å²) in [4.78, 5) is 16.0. The summed E-state index contributed by atoms with van der Waals surface area (Å²) in [6, 6.07) is 3.52. The standard InChI is InChI=1S/C13H20N2O3/c1-9-4-5-12(18-9)13(17)15-8-11(16)6-10(15)7-14(2)3/h4-5,10-11,16H,6-8H2,1-3H3. The van der Waals surface area contributed by atoms with E-state index in [4.69, 9.17) is 4.42 Å². The first-order valence-corrected chi connectivity index (χ1v) is 6.17. The number of furan rings is 1. The monoisotopic (exact) mass is 252 g/mol. The van der Waals surface area contributed by atoms with E-state index in [9.17, 15) is 9.90 Å². The highest BCUT2D eigenvalue weighted by molar-refractivity contribution is 5.92. The number of hydrogen-bond acceptors (Lipinski definition) is 4. The number of aliphatic hydroxyl groups is 1. The number of hydrogen-bond donors (Lipinski definition) is 1. The molecule has 0 spiro atoms. The lowest BCUT2D eigenvalue weighted by Crippen LogP contribution is -2.41. The van der Waals surface area contributed by atoms with E-state index < -0.39 is 6.10 Å². The molecule has 0 saturated carbocycles. The fraction of sp³-hybridized carbons (Fsp3) is 0.615. The van der Waals surface area contributed by atoms with Crippen molar-refractivity contribution in [3.63, 3.8) is 0 Å². The van der Waals surface area contributed by atoms with Crippen molar-refractivity contribution >= 4 is 5.91 Å². The molecule has 5 nitrogen and oxygen atoms in total. The van der Waals surface area contributed by atoms with Gasteiger partial charge in [0, 0.05) is 19.1 Å². The van der Waals surface area contributed by atoms with Gasteiger partial charge in [0.05, 0.1) is 6.10 Å². The van der Waals surface area contributed by atoms with Gasteiger partial charge in [-0.25, -0.2) is 0 Å². The highest BCUT2D eigenvalue weighted by atomic mass is 16.4. The third-order valence-corrected chi connectivity index (χ3v) is 3.18. The van der Waals surface area contributed by atoms with Gasteiger partial charge in [-0.3, -0.25) is 4.79 Å². The molecule has 0 radical (unpaired) electrons. The second-order valence-corrected chi connectivity index (χ2v) is 5.17. The zero-order chi connectivity index (χ0) is 13.3. The van der Waals surface area contributed by atoms with Crippen LogP contribution in [0.15, 0.2) is 16.5 Å². The van der Waals surface area contributed by atoms with Gasteiger partial charge >= 0.3 is 0 Å². The number of likely N-dealkylation sites (N-methyl/N-ethyl adjacent to an activating group) is 1. The van der Waals surface area contributed by atoms with E-state index >= 15 is 0 Å². The van der Waals surface area contributed by atoms with Crippen molar-refractivity contribution in [3.05, 3.63) is 23.7 Å². The normalized spacial score (nSPS) is 23.9. The molecule has 100 valence electrons. The molecule has 18 heavy (non-hydrogen) atoms. The molecule has 2 heterocycles. The number of nitrogens with zero attached hydrogens (tertiary/aromatic N) is 2. The van der Waals surface area contributed by atoms with Crippen molar-refractivity contribution in [2.45, 2.75) is 25.5 Å². The lowest BCUT2D eigenvalue weighted by Gasteiger charge is -2.25. The zero-order valence-corrected chi connectivity index (χ0v) is 11.1. The number of amides is 1. The van der Waals surface area contributed by atoms with Crippen LogP contribution < -0.4 is 0 Å². The van der Waals surface area contributed by atoms with Gasteiger partial charge in [0.25, 0.3) is 5.91 Å². The number of aryl methyl sites for hydroxylation is 1. The highest BCUT2D eigenvalue weighted by Crippen LogP contribution is 2.22. The van der Waals surface area contributed by atoms with Gasteiger partial charge in [-0.15, -0.1) is 0 Å². The van der Waals surface area contributed by atoms with Gasteiger partial charge in [0.15, 0.2) is 5.76 Å². The van der Waals surface area contributed by atoms with Crippen LogP contribution in [0.1, 0.15) is 22.7 Å². The molecule has 0 aliphatic carbocycles. The Morgan fingerprint density at radius 1 is 1.56 bits per heavy atom. The number of carbonyl (C=O) groups is 1. The van der Waals surface area contributed by atoms with E-state index in [2.05, 4.69) is 0 Å². The van der Waals surface area contributed by atoms with Gasteiger partial charge in [-0.05, 0) is 39.6 Å². The average molecular weight is 252 g/mol. The summed E-state index contributed by atoms with van der Waals surface area (Å²) in [6.07, 6.45) is 0.193. The second-order valence-electron chi connectivity index (χ2n) is 5.17. The Morgan fingerprint density at radius 3 is 2.83 bits per heavy atom. The van der Waals surface area contributed by atoms with E-state index in [1.165, 1.54) is 0 Å². The van der Waals surface area contributed by atoms with Crippen LogP contribution in [0.3, 0.4) is 0 Å². The molecule has 5 heteroatoms. The molecule has 1 N–H and O–H groups in total. The molecule has 1 aromatic rings. The first-order chi connectivity index (χ1) is 8.47. The smallest absolute Gasteiger partial charge is 0.289 e. The van der Waals surface area contributed by atoms with Crippen molar-refractivity contribution in [1.82, 2.24) is 9.80 Å². The molecule has 2 unspecified atom stereocenters. The Bertz CT molecular complexity index is 428. The van der Waals surface area contributed by atoms with Crippen LogP contribution in [0.4, 0.5) is 0 Å². The third kappa shape index (κ3) is 2.73. The number of likely N-dealkylation sites (tertiary alicyclic amines) is 1. The molecular formula is C13H20N2O3. The van der Waals surface area contributed by atoms with Crippen LogP contribution in [0.25, 0.3) is 0 Å². The van der Waals surface area contributed by atoms with Crippen LogP contribution in [0, 0.1) is 6.92 Å². The Kier molecular flexibility index (Phi) is 3.73. The van der Waals surface area contributed by atoms with Gasteiger partial charge in [-0.2, -0.15) is 0 Å². The maximum Gasteiger partial charge on any atom is 0.289 e. The molecule has 1 aromatic heterocycles. The van der Waals surface area contributed by atoms with Crippen molar-refractivity contribution in [2.75, 3.05) is 27.2 Å². The molecule has 0 aromatic carbocycles. The second kappa shape index (κ2) is 5.12. The van der Waals surface area contributed by atoms with E-state index in [1.54, 1.807) is 17.0 Å². The summed E-state index contributed by atoms with van der Waals surface area (Å²) in [6.45, 7) is 2.95. The Hall–Kier alpha value is -1.33. The molecule has 1 aliphatic rings. The Morgan fingerprint density at radius 2 is 2.28 bits per heavy atom. The lowest BCUT2D eigenvalue weighted by atomic mass is 10.2. The maximum atomic E-state index is 12.3. The third-order valence-electron chi connectivity index (χ3n) is 3.18. The fourth-order valence-corrected chi connectivity index (χ4v) is 2.43. The van der Waals surface area contributed by atoms with Crippen molar-refractivity contribution < 1.29 is 14.3 Å². The van der Waals surface area contributed by atoms with Gasteiger partial charge in [-0.1, -0.05) is 0 Å². The first kappa shape index (κ1) is 13.1. The van der Waals surface area contributed by atoms with E-state index in [1.807, 2.05) is 25.9 Å². The minimum atomic E-state index is -0.435. The lowest BCUT2D eigenvalue weighted by molar-refractivity contribution is 0.0666. The summed E-state index contributed by atoms with van der Waals surface area (Å²) in [5.74, 6) is 0.944. The van der Waals surface area contributed by atoms with Crippen molar-refractivity contribution in [1.29, 1.82) is 0 Å². The average Bonchev–Trinajstić information content (AvgIpc) is 2.83. The summed E-state index contributed by atoms with van der Waals surface area (Å²) in [5.41, 5.74) is 0. The van der Waals surface area contributed by atoms with E-state index in [0.29, 0.717) is 18.7 Å². The largest absolute Gasteiger partial charge is 0.456 e. The van der Waals surface area contributed by atoms with Crippen LogP contribution in [0.2, 0.25) is 0 Å². The summed E-state index contributed by atoms with van der Waals surface area (Å²) in [5, 5.41) is 9.74. The quantitative estimate of drug-likeness (QED) is 0.861. The topological polar surface area (TPSA) is 56.9 Å². The summed E-state index contributed by atoms with van der Waals surface area (Å²) >= 11 is 0. The van der Waals surface area contributed by atoms with Crippen LogP contribution in [-0.4, -0.2) is 60.1 Å². The molecule has 1 aliphatic heterocycles. The van der Waals surface area contributed by atoms with E-state index in [0.717, 1.165) is 12.3 Å². The molecule has 2 atom stereocenters. The summed E-state index contributed by atoms with van der Waals surface area (Å²) < 4.78 is 5.36. The fourth-order valence-electron chi connectivity index (χ4n) is 2.43. The first-order valence-electron chi connectivity index (χ1n) is 6.17. The predicted molar refractivity (Wildman–Crippen MR) is 67.4 cm³/mol. The molecule has 0 bridgehead atoms. The SMILES string of the molecule is Cc1ccc(C(=O)N2CC(O)CC2CN(C)C)o1. The number of β-amino-alcohol motifs (C(OH)–C–C–N with tert-alkyl or cyclic N) is 1. The maximum absolute atomic E-state index is 12.3.